The van der Waals surface area contributed by atoms with Gasteiger partial charge in [0.25, 0.3) is 0 Å². The van der Waals surface area contributed by atoms with Crippen molar-refractivity contribution in [1.82, 2.24) is 9.80 Å². The van der Waals surface area contributed by atoms with E-state index in [0.29, 0.717) is 6.04 Å². The molecule has 0 unspecified atom stereocenters. The zero-order valence-corrected chi connectivity index (χ0v) is 8.16. The van der Waals surface area contributed by atoms with Crippen LogP contribution in [0.1, 0.15) is 13.3 Å². The maximum atomic E-state index is 8.76. The van der Waals surface area contributed by atoms with Gasteiger partial charge in [-0.2, -0.15) is 0 Å². The van der Waals surface area contributed by atoms with Crippen molar-refractivity contribution in [3.8, 4) is 0 Å². The van der Waals surface area contributed by atoms with Gasteiger partial charge >= 0.3 is 0 Å². The number of aliphatic hydroxyl groups is 1. The second-order valence-electron chi connectivity index (χ2n) is 3.54. The van der Waals surface area contributed by atoms with Crippen LogP contribution in [0.2, 0.25) is 0 Å². The van der Waals surface area contributed by atoms with Crippen molar-refractivity contribution in [2.24, 2.45) is 0 Å². The van der Waals surface area contributed by atoms with Gasteiger partial charge in [0, 0.05) is 19.1 Å². The lowest BCUT2D eigenvalue weighted by Gasteiger charge is -2.23. The second-order valence-corrected chi connectivity index (χ2v) is 3.54. The van der Waals surface area contributed by atoms with Crippen molar-refractivity contribution in [1.29, 1.82) is 0 Å². The molecule has 0 aromatic rings. The Kier molecular flexibility index (Phi) is 3.98. The Morgan fingerprint density at radius 1 is 1.58 bits per heavy atom. The van der Waals surface area contributed by atoms with Crippen molar-refractivity contribution >= 4 is 0 Å². The summed E-state index contributed by atoms with van der Waals surface area (Å²) in [7, 11) is 2.10. The fraction of sp³-hybridized carbons (Fsp3) is 1.00. The first-order valence-electron chi connectivity index (χ1n) is 4.81. The first kappa shape index (κ1) is 9.96. The molecule has 72 valence electrons. The lowest BCUT2D eigenvalue weighted by molar-refractivity contribution is 0.179. The number of hydrogen-bond donors (Lipinski definition) is 1. The molecule has 0 spiro atoms. The molecule has 1 heterocycles. The lowest BCUT2D eigenvalue weighted by atomic mass is 10.2. The fourth-order valence-corrected chi connectivity index (χ4v) is 1.80. The van der Waals surface area contributed by atoms with Crippen LogP contribution in [0.25, 0.3) is 0 Å². The Balaban J connectivity index is 2.25. The lowest BCUT2D eigenvalue weighted by Crippen LogP contribution is -2.36. The number of rotatable bonds is 4. The minimum atomic E-state index is 0.277. The van der Waals surface area contributed by atoms with E-state index in [1.807, 2.05) is 0 Å². The van der Waals surface area contributed by atoms with Crippen LogP contribution in [0.5, 0.6) is 0 Å². The summed E-state index contributed by atoms with van der Waals surface area (Å²) in [5.74, 6) is 0. The summed E-state index contributed by atoms with van der Waals surface area (Å²) in [6.45, 7) is 6.84. The van der Waals surface area contributed by atoms with Crippen molar-refractivity contribution in [3.63, 3.8) is 0 Å². The molecule has 0 aromatic heterocycles. The van der Waals surface area contributed by atoms with Crippen molar-refractivity contribution in [2.45, 2.75) is 19.4 Å². The molecule has 0 aliphatic carbocycles. The number of likely N-dealkylation sites (N-methyl/N-ethyl adjacent to an activating group) is 2. The Hall–Kier alpha value is -0.120. The van der Waals surface area contributed by atoms with E-state index in [1.54, 1.807) is 0 Å². The van der Waals surface area contributed by atoms with Crippen LogP contribution in [0.4, 0.5) is 0 Å². The molecule has 1 aliphatic heterocycles. The van der Waals surface area contributed by atoms with Crippen LogP contribution < -0.4 is 0 Å². The van der Waals surface area contributed by atoms with Gasteiger partial charge < -0.3 is 10.0 Å². The molecule has 0 saturated carbocycles. The van der Waals surface area contributed by atoms with E-state index in [9.17, 15) is 0 Å². The molecular weight excluding hydrogens is 152 g/mol. The SMILES string of the molecule is CCN1CC[C@@H](N(C)CCO)C1. The highest BCUT2D eigenvalue weighted by molar-refractivity contribution is 4.80. The summed E-state index contributed by atoms with van der Waals surface area (Å²) in [5.41, 5.74) is 0. The number of hydrogen-bond acceptors (Lipinski definition) is 3. The van der Waals surface area contributed by atoms with E-state index >= 15 is 0 Å². The fourth-order valence-electron chi connectivity index (χ4n) is 1.80. The van der Waals surface area contributed by atoms with E-state index in [0.717, 1.165) is 13.1 Å². The molecule has 1 fully saturated rings. The van der Waals surface area contributed by atoms with Crippen molar-refractivity contribution in [2.75, 3.05) is 39.8 Å². The highest BCUT2D eigenvalue weighted by Crippen LogP contribution is 2.12. The third-order valence-electron chi connectivity index (χ3n) is 2.77. The molecule has 1 rings (SSSR count). The first-order chi connectivity index (χ1) is 5.77. The molecule has 3 heteroatoms. The highest BCUT2D eigenvalue weighted by atomic mass is 16.3. The van der Waals surface area contributed by atoms with Gasteiger partial charge in [-0.15, -0.1) is 0 Å². The Morgan fingerprint density at radius 3 is 2.83 bits per heavy atom. The maximum absolute atomic E-state index is 8.76. The summed E-state index contributed by atoms with van der Waals surface area (Å²) in [6.07, 6.45) is 1.25. The normalized spacial score (nSPS) is 25.5. The number of likely N-dealkylation sites (tertiary alicyclic amines) is 1. The van der Waals surface area contributed by atoms with Gasteiger partial charge in [0.2, 0.25) is 0 Å². The second kappa shape index (κ2) is 4.80. The summed E-state index contributed by atoms with van der Waals surface area (Å²) in [4.78, 5) is 4.72. The monoisotopic (exact) mass is 172 g/mol. The van der Waals surface area contributed by atoms with Gasteiger partial charge in [0.15, 0.2) is 0 Å². The summed E-state index contributed by atoms with van der Waals surface area (Å²) >= 11 is 0. The predicted molar refractivity (Wildman–Crippen MR) is 50.2 cm³/mol. The number of aliphatic hydroxyl groups excluding tert-OH is 1. The molecule has 1 aliphatic rings. The smallest absolute Gasteiger partial charge is 0.0558 e. The zero-order chi connectivity index (χ0) is 8.97. The van der Waals surface area contributed by atoms with Crippen LogP contribution in [-0.4, -0.2) is 60.8 Å². The van der Waals surface area contributed by atoms with E-state index in [1.165, 1.54) is 19.5 Å². The van der Waals surface area contributed by atoms with Crippen molar-refractivity contribution in [3.05, 3.63) is 0 Å². The van der Waals surface area contributed by atoms with Crippen LogP contribution in [-0.2, 0) is 0 Å². The quantitative estimate of drug-likeness (QED) is 0.647. The van der Waals surface area contributed by atoms with Gasteiger partial charge in [-0.25, -0.2) is 0 Å². The summed E-state index contributed by atoms with van der Waals surface area (Å²) < 4.78 is 0. The van der Waals surface area contributed by atoms with E-state index in [2.05, 4.69) is 23.8 Å². The molecule has 1 N–H and O–H groups in total. The van der Waals surface area contributed by atoms with Gasteiger partial charge in [-0.3, -0.25) is 4.90 Å². The van der Waals surface area contributed by atoms with E-state index in [4.69, 9.17) is 5.11 Å². The summed E-state index contributed by atoms with van der Waals surface area (Å²) in [5, 5.41) is 8.76. The maximum Gasteiger partial charge on any atom is 0.0558 e. The number of nitrogens with zero attached hydrogens (tertiary/aromatic N) is 2. The van der Waals surface area contributed by atoms with Crippen LogP contribution >= 0.6 is 0 Å². The Bertz CT molecular complexity index is 130. The molecule has 12 heavy (non-hydrogen) atoms. The third-order valence-corrected chi connectivity index (χ3v) is 2.77. The predicted octanol–water partition coefficient (Wildman–Crippen LogP) is 0.00470. The molecule has 1 saturated heterocycles. The average Bonchev–Trinajstić information content (AvgIpc) is 2.52. The largest absolute Gasteiger partial charge is 0.395 e. The highest BCUT2D eigenvalue weighted by Gasteiger charge is 2.23. The molecule has 0 aromatic carbocycles. The Morgan fingerprint density at radius 2 is 2.33 bits per heavy atom. The van der Waals surface area contributed by atoms with Gasteiger partial charge in [0.05, 0.1) is 6.61 Å². The standard InChI is InChI=1S/C9H20N2O/c1-3-11-5-4-9(8-11)10(2)6-7-12/h9,12H,3-8H2,1-2H3/t9-/m1/s1. The molecule has 0 amide bonds. The van der Waals surface area contributed by atoms with Crippen LogP contribution in [0.15, 0.2) is 0 Å². The topological polar surface area (TPSA) is 26.7 Å². The van der Waals surface area contributed by atoms with Gasteiger partial charge in [-0.05, 0) is 26.6 Å². The molecule has 0 bridgehead atoms. The molecule has 1 atom stereocenters. The Labute approximate surface area is 75.0 Å². The van der Waals surface area contributed by atoms with E-state index < -0.39 is 0 Å². The average molecular weight is 172 g/mol. The molecular formula is C9H20N2O. The summed E-state index contributed by atoms with van der Waals surface area (Å²) in [6, 6.07) is 0.664. The molecule has 3 nitrogen and oxygen atoms in total. The zero-order valence-electron chi connectivity index (χ0n) is 8.16. The minimum Gasteiger partial charge on any atom is -0.395 e. The first-order valence-corrected chi connectivity index (χ1v) is 4.81. The third kappa shape index (κ3) is 2.44. The minimum absolute atomic E-state index is 0.277. The van der Waals surface area contributed by atoms with Crippen LogP contribution in [0.3, 0.4) is 0 Å². The van der Waals surface area contributed by atoms with Gasteiger partial charge in [-0.1, -0.05) is 6.92 Å². The van der Waals surface area contributed by atoms with Crippen LogP contribution in [0, 0.1) is 0 Å². The van der Waals surface area contributed by atoms with Gasteiger partial charge in [0.1, 0.15) is 0 Å². The van der Waals surface area contributed by atoms with E-state index in [-0.39, 0.29) is 6.61 Å². The molecule has 0 radical (unpaired) electrons. The van der Waals surface area contributed by atoms with Crippen molar-refractivity contribution < 1.29 is 5.11 Å².